The van der Waals surface area contributed by atoms with Crippen LogP contribution in [0.5, 0.6) is 0 Å². The lowest BCUT2D eigenvalue weighted by Gasteiger charge is -2.50. The number of nitrogens with zero attached hydrogens (tertiary/aromatic N) is 3. The van der Waals surface area contributed by atoms with Crippen LogP contribution in [0.25, 0.3) is 0 Å². The van der Waals surface area contributed by atoms with Gasteiger partial charge in [-0.3, -0.25) is 14.5 Å². The van der Waals surface area contributed by atoms with Gasteiger partial charge in [-0.25, -0.2) is 0 Å². The highest BCUT2D eigenvalue weighted by molar-refractivity contribution is 6.09. The van der Waals surface area contributed by atoms with Crippen molar-refractivity contribution in [3.8, 4) is 0 Å². The number of nitrogens with one attached hydrogen (secondary N) is 1. The third kappa shape index (κ3) is 2.34. The fraction of sp³-hybridized carbons (Fsp3) is 0.737. The van der Waals surface area contributed by atoms with Crippen molar-refractivity contribution in [2.45, 2.75) is 69.1 Å². The van der Waals surface area contributed by atoms with Crippen LogP contribution in [0.3, 0.4) is 0 Å². The molecule has 134 valence electrons. The lowest BCUT2D eigenvalue weighted by molar-refractivity contribution is -0.110. The van der Waals surface area contributed by atoms with E-state index in [1.165, 1.54) is 12.8 Å². The monoisotopic (exact) mass is 342 g/mol. The van der Waals surface area contributed by atoms with Gasteiger partial charge in [0, 0.05) is 24.6 Å². The normalized spacial score (nSPS) is 33.8. The van der Waals surface area contributed by atoms with Gasteiger partial charge in [-0.1, -0.05) is 12.8 Å². The average Bonchev–Trinajstić information content (AvgIpc) is 3.17. The molecule has 2 aliphatic heterocycles. The van der Waals surface area contributed by atoms with Gasteiger partial charge in [0.05, 0.1) is 29.1 Å². The zero-order chi connectivity index (χ0) is 17.1. The van der Waals surface area contributed by atoms with Gasteiger partial charge in [0.25, 0.3) is 0 Å². The Balaban J connectivity index is 1.42. The minimum atomic E-state index is -0.795. The molecule has 2 N–H and O–H groups in total. The van der Waals surface area contributed by atoms with Crippen LogP contribution < -0.4 is 5.32 Å². The maximum absolute atomic E-state index is 13.0. The second kappa shape index (κ2) is 5.48. The highest BCUT2D eigenvalue weighted by Gasteiger charge is 2.54. The van der Waals surface area contributed by atoms with E-state index in [0.717, 1.165) is 44.5 Å². The number of piperidine rings is 1. The number of aliphatic imine (C=N–C) groups is 1. The molecule has 0 amide bonds. The molecule has 2 atom stereocenters. The van der Waals surface area contributed by atoms with Crippen molar-refractivity contribution in [2.75, 3.05) is 13.1 Å². The topological polar surface area (TPSA) is 79.5 Å². The average molecular weight is 342 g/mol. The van der Waals surface area contributed by atoms with Crippen LogP contribution >= 0.6 is 0 Å². The van der Waals surface area contributed by atoms with Gasteiger partial charge in [0.15, 0.2) is 5.78 Å². The maximum atomic E-state index is 13.0. The van der Waals surface area contributed by atoms with Crippen molar-refractivity contribution < 1.29 is 9.90 Å². The molecule has 1 aromatic heterocycles. The molecule has 0 bridgehead atoms. The first kappa shape index (κ1) is 15.7. The molecule has 2 saturated carbocycles. The molecular formula is C19H26N4O2. The summed E-state index contributed by atoms with van der Waals surface area (Å²) in [4.78, 5) is 17.6. The van der Waals surface area contributed by atoms with Crippen molar-refractivity contribution in [1.82, 2.24) is 15.1 Å². The van der Waals surface area contributed by atoms with Crippen LogP contribution in [0.15, 0.2) is 11.2 Å². The number of ketones is 1. The van der Waals surface area contributed by atoms with Crippen LogP contribution in [0.4, 0.5) is 0 Å². The van der Waals surface area contributed by atoms with Crippen LogP contribution in [-0.2, 0) is 0 Å². The minimum Gasteiger partial charge on any atom is -0.389 e. The third-order valence-corrected chi connectivity index (χ3v) is 6.93. The van der Waals surface area contributed by atoms with Gasteiger partial charge in [-0.15, -0.1) is 0 Å². The number of hydrogen-bond acceptors (Lipinski definition) is 5. The second-order valence-corrected chi connectivity index (χ2v) is 8.43. The van der Waals surface area contributed by atoms with E-state index < -0.39 is 11.6 Å². The Morgan fingerprint density at radius 2 is 2.08 bits per heavy atom. The molecule has 6 heteroatoms. The molecule has 3 heterocycles. The summed E-state index contributed by atoms with van der Waals surface area (Å²) < 4.78 is 1.95. The van der Waals surface area contributed by atoms with Crippen molar-refractivity contribution in [2.24, 2.45) is 10.4 Å². The Labute approximate surface area is 147 Å². The van der Waals surface area contributed by atoms with Gasteiger partial charge < -0.3 is 10.4 Å². The van der Waals surface area contributed by atoms with Crippen LogP contribution in [0.2, 0.25) is 0 Å². The van der Waals surface area contributed by atoms with E-state index in [4.69, 9.17) is 0 Å². The first-order chi connectivity index (χ1) is 12.1. The molecule has 4 aliphatic rings. The highest BCUT2D eigenvalue weighted by atomic mass is 16.3. The lowest BCUT2D eigenvalue weighted by Crippen LogP contribution is -2.59. The lowest BCUT2D eigenvalue weighted by atomic mass is 9.64. The van der Waals surface area contributed by atoms with E-state index in [9.17, 15) is 9.90 Å². The number of aliphatic hydroxyl groups is 1. The first-order valence-corrected chi connectivity index (χ1v) is 9.70. The quantitative estimate of drug-likeness (QED) is 0.879. The smallest absolute Gasteiger partial charge is 0.191 e. The molecule has 0 radical (unpaired) electrons. The van der Waals surface area contributed by atoms with Gasteiger partial charge in [-0.2, -0.15) is 5.10 Å². The fourth-order valence-corrected chi connectivity index (χ4v) is 5.24. The summed E-state index contributed by atoms with van der Waals surface area (Å²) in [5, 5.41) is 19.4. The van der Waals surface area contributed by atoms with Crippen molar-refractivity contribution in [3.63, 3.8) is 0 Å². The van der Waals surface area contributed by atoms with E-state index in [0.29, 0.717) is 24.4 Å². The minimum absolute atomic E-state index is 0.0319. The van der Waals surface area contributed by atoms with Gasteiger partial charge in [0.1, 0.15) is 6.04 Å². The van der Waals surface area contributed by atoms with Crippen LogP contribution in [0.1, 0.15) is 73.5 Å². The molecule has 1 aromatic rings. The predicted molar refractivity (Wildman–Crippen MR) is 94.2 cm³/mol. The molecule has 3 fully saturated rings. The van der Waals surface area contributed by atoms with E-state index in [-0.39, 0.29) is 11.2 Å². The Morgan fingerprint density at radius 1 is 1.28 bits per heavy atom. The summed E-state index contributed by atoms with van der Waals surface area (Å²) in [6.07, 6.45) is 11.4. The summed E-state index contributed by atoms with van der Waals surface area (Å²) in [5.74, 6) is 0.0319. The maximum Gasteiger partial charge on any atom is 0.191 e. The summed E-state index contributed by atoms with van der Waals surface area (Å²) in [6, 6.07) is -0.0279. The molecule has 6 nitrogen and oxygen atoms in total. The molecular weight excluding hydrogens is 316 g/mol. The molecule has 25 heavy (non-hydrogen) atoms. The highest BCUT2D eigenvalue weighted by Crippen LogP contribution is 2.51. The zero-order valence-electron chi connectivity index (χ0n) is 14.6. The molecule has 1 spiro atoms. The largest absolute Gasteiger partial charge is 0.389 e. The summed E-state index contributed by atoms with van der Waals surface area (Å²) in [5.41, 5.74) is 0.664. The molecule has 5 rings (SSSR count). The van der Waals surface area contributed by atoms with Gasteiger partial charge in [0.2, 0.25) is 0 Å². The fourth-order valence-electron chi connectivity index (χ4n) is 5.24. The van der Waals surface area contributed by atoms with Crippen molar-refractivity contribution in [1.29, 1.82) is 0 Å². The number of carbonyl (C=O) groups is 1. The summed E-state index contributed by atoms with van der Waals surface area (Å²) >= 11 is 0. The Morgan fingerprint density at radius 3 is 2.84 bits per heavy atom. The van der Waals surface area contributed by atoms with Gasteiger partial charge in [-0.05, 0) is 38.6 Å². The summed E-state index contributed by atoms with van der Waals surface area (Å²) in [6.45, 7) is 1.67. The van der Waals surface area contributed by atoms with E-state index in [2.05, 4.69) is 15.4 Å². The van der Waals surface area contributed by atoms with E-state index in [1.54, 1.807) is 6.20 Å². The Bertz CT molecular complexity index is 730. The second-order valence-electron chi connectivity index (χ2n) is 8.43. The molecule has 0 aromatic carbocycles. The Hall–Kier alpha value is -1.53. The number of hydrogen-bond donors (Lipinski definition) is 2. The predicted octanol–water partition coefficient (Wildman–Crippen LogP) is 1.88. The van der Waals surface area contributed by atoms with E-state index in [1.807, 2.05) is 10.9 Å². The number of carbonyl (C=O) groups excluding carboxylic acids is 1. The number of fused-ring (bicyclic) bond motifs is 1. The third-order valence-electron chi connectivity index (χ3n) is 6.93. The first-order valence-electron chi connectivity index (χ1n) is 9.70. The number of Topliss-reactive ketones (excluding diaryl/α,β-unsaturated/α-hetero) is 1. The van der Waals surface area contributed by atoms with E-state index >= 15 is 0 Å². The summed E-state index contributed by atoms with van der Waals surface area (Å²) in [7, 11) is 0. The number of rotatable bonds is 3. The zero-order valence-corrected chi connectivity index (χ0v) is 14.6. The standard InChI is InChI=1S/C19H26N4O2/c24-17-14-10-22-23(13-3-4-13)16(14)11-21-15(17)9-19(25)7-8-20-12-18(19)5-1-2-6-18/h10-11,13,15,20,25H,1-9,12H2. The Kier molecular flexibility index (Phi) is 3.44. The molecule has 1 saturated heterocycles. The van der Waals surface area contributed by atoms with Gasteiger partial charge >= 0.3 is 0 Å². The van der Waals surface area contributed by atoms with Crippen molar-refractivity contribution >= 4 is 12.0 Å². The number of aromatic nitrogens is 2. The molecule has 2 unspecified atom stereocenters. The van der Waals surface area contributed by atoms with Crippen LogP contribution in [0, 0.1) is 5.41 Å². The van der Waals surface area contributed by atoms with Crippen LogP contribution in [-0.4, -0.2) is 51.6 Å². The SMILES string of the molecule is O=C1c2cnn(C3CC3)c2C=NC1CC1(O)CCNCC12CCCC2. The molecule has 2 aliphatic carbocycles. The van der Waals surface area contributed by atoms with Crippen molar-refractivity contribution in [3.05, 3.63) is 17.5 Å².